The zero-order valence-electron chi connectivity index (χ0n) is 16.9. The van der Waals surface area contributed by atoms with Gasteiger partial charge in [-0.3, -0.25) is 4.79 Å². The third kappa shape index (κ3) is 4.87. The topological polar surface area (TPSA) is 69.3 Å². The van der Waals surface area contributed by atoms with Crippen molar-refractivity contribution in [1.82, 2.24) is 10.2 Å². The van der Waals surface area contributed by atoms with Gasteiger partial charge in [0.15, 0.2) is 0 Å². The summed E-state index contributed by atoms with van der Waals surface area (Å²) in [6, 6.07) is 2.35. The van der Waals surface area contributed by atoms with Gasteiger partial charge < -0.3 is 29.2 Å². The van der Waals surface area contributed by atoms with Gasteiger partial charge in [0.2, 0.25) is 0 Å². The van der Waals surface area contributed by atoms with Crippen LogP contribution in [0.2, 0.25) is 0 Å². The van der Waals surface area contributed by atoms with Gasteiger partial charge in [0.25, 0.3) is 5.91 Å². The Labute approximate surface area is 180 Å². The normalized spacial score (nSPS) is 20.8. The van der Waals surface area contributed by atoms with Crippen LogP contribution in [0.15, 0.2) is 10.5 Å². The molecule has 1 amide bonds. The van der Waals surface area contributed by atoms with Crippen molar-refractivity contribution < 1.29 is 23.7 Å². The fraction of sp³-hybridized carbons (Fsp3) is 0.667. The molecule has 29 heavy (non-hydrogen) atoms. The summed E-state index contributed by atoms with van der Waals surface area (Å²) in [5.74, 6) is 1.77. The number of amides is 1. The highest BCUT2D eigenvalue weighted by atomic mass is 79.9. The molecule has 160 valence electrons. The minimum absolute atomic E-state index is 0.0654. The van der Waals surface area contributed by atoms with Gasteiger partial charge >= 0.3 is 0 Å². The van der Waals surface area contributed by atoms with Crippen molar-refractivity contribution in [1.29, 1.82) is 0 Å². The molecule has 0 aromatic heterocycles. The van der Waals surface area contributed by atoms with Crippen LogP contribution in [0.4, 0.5) is 0 Å². The Bertz CT molecular complexity index is 734. The predicted octanol–water partition coefficient (Wildman–Crippen LogP) is 2.28. The van der Waals surface area contributed by atoms with Crippen molar-refractivity contribution in [3.05, 3.63) is 21.7 Å². The molecule has 1 atom stereocenters. The highest BCUT2D eigenvalue weighted by Crippen LogP contribution is 2.43. The molecule has 1 aromatic rings. The van der Waals surface area contributed by atoms with Gasteiger partial charge in [0, 0.05) is 57.8 Å². The van der Waals surface area contributed by atoms with Gasteiger partial charge in [-0.2, -0.15) is 0 Å². The van der Waals surface area contributed by atoms with Gasteiger partial charge in [0.1, 0.15) is 17.6 Å². The van der Waals surface area contributed by atoms with E-state index in [0.29, 0.717) is 45.6 Å². The van der Waals surface area contributed by atoms with Crippen molar-refractivity contribution in [2.24, 2.45) is 0 Å². The van der Waals surface area contributed by atoms with Gasteiger partial charge in [-0.25, -0.2) is 0 Å². The van der Waals surface area contributed by atoms with E-state index in [-0.39, 0.29) is 5.91 Å². The Morgan fingerprint density at radius 2 is 2.21 bits per heavy atom. The molecule has 7 nitrogen and oxygen atoms in total. The maximum Gasteiger partial charge on any atom is 0.253 e. The average Bonchev–Trinajstić information content (AvgIpc) is 3.47. The molecule has 4 rings (SSSR count). The van der Waals surface area contributed by atoms with Gasteiger partial charge in [-0.1, -0.05) is 0 Å². The summed E-state index contributed by atoms with van der Waals surface area (Å²) >= 11 is 3.72. The van der Waals surface area contributed by atoms with Crippen LogP contribution in [-0.2, 0) is 27.2 Å². The minimum atomic E-state index is -0.404. The molecular weight excluding hydrogens is 440 g/mol. The molecule has 1 saturated carbocycles. The fourth-order valence-electron chi connectivity index (χ4n) is 3.84. The first-order valence-corrected chi connectivity index (χ1v) is 11.2. The first-order chi connectivity index (χ1) is 14.2. The van der Waals surface area contributed by atoms with Crippen LogP contribution in [0.1, 0.15) is 30.4 Å². The molecule has 1 saturated heterocycles. The monoisotopic (exact) mass is 468 g/mol. The molecule has 2 aliphatic heterocycles. The fourth-order valence-corrected chi connectivity index (χ4v) is 4.43. The lowest BCUT2D eigenvalue weighted by Gasteiger charge is -2.30. The van der Waals surface area contributed by atoms with E-state index in [2.05, 4.69) is 27.3 Å². The van der Waals surface area contributed by atoms with Crippen LogP contribution in [0.5, 0.6) is 11.5 Å². The predicted molar refractivity (Wildman–Crippen MR) is 112 cm³/mol. The van der Waals surface area contributed by atoms with E-state index in [4.69, 9.17) is 18.9 Å². The summed E-state index contributed by atoms with van der Waals surface area (Å²) in [7, 11) is 1.69. The van der Waals surface area contributed by atoms with E-state index >= 15 is 0 Å². The number of fused-ring (bicyclic) bond motifs is 1. The highest BCUT2D eigenvalue weighted by molar-refractivity contribution is 9.10. The summed E-state index contributed by atoms with van der Waals surface area (Å²) < 4.78 is 23.7. The lowest BCUT2D eigenvalue weighted by atomic mass is 10.1. The Hall–Kier alpha value is -1.35. The largest absolute Gasteiger partial charge is 0.493 e. The van der Waals surface area contributed by atoms with E-state index in [1.54, 1.807) is 7.11 Å². The number of morpholine rings is 1. The summed E-state index contributed by atoms with van der Waals surface area (Å²) in [5, 5.41) is 3.25. The Morgan fingerprint density at radius 3 is 2.93 bits per heavy atom. The molecule has 1 N–H and O–H groups in total. The first kappa shape index (κ1) is 20.9. The second-order valence-electron chi connectivity index (χ2n) is 7.71. The second-order valence-corrected chi connectivity index (χ2v) is 8.50. The number of carbonyl (C=O) groups is 1. The van der Waals surface area contributed by atoms with Crippen LogP contribution >= 0.6 is 15.9 Å². The van der Waals surface area contributed by atoms with E-state index in [1.807, 2.05) is 4.90 Å². The van der Waals surface area contributed by atoms with Crippen LogP contribution in [0.3, 0.4) is 0 Å². The van der Waals surface area contributed by atoms with Crippen molar-refractivity contribution in [3.63, 3.8) is 0 Å². The van der Waals surface area contributed by atoms with E-state index < -0.39 is 6.10 Å². The molecule has 8 heteroatoms. The summed E-state index contributed by atoms with van der Waals surface area (Å²) in [6.45, 7) is 4.38. The molecule has 0 bridgehead atoms. The van der Waals surface area contributed by atoms with Crippen LogP contribution in [-0.4, -0.2) is 69.6 Å². The molecular formula is C21H29BrN2O5. The smallest absolute Gasteiger partial charge is 0.253 e. The minimum Gasteiger partial charge on any atom is -0.493 e. The van der Waals surface area contributed by atoms with Gasteiger partial charge in [0.05, 0.1) is 24.3 Å². The molecule has 0 radical (unpaired) electrons. The molecule has 3 aliphatic rings. The molecule has 2 heterocycles. The molecule has 1 aromatic carbocycles. The average molecular weight is 469 g/mol. The summed E-state index contributed by atoms with van der Waals surface area (Å²) in [6.07, 6.45) is 3.35. The van der Waals surface area contributed by atoms with Crippen molar-refractivity contribution in [3.8, 4) is 11.5 Å². The maximum absolute atomic E-state index is 13.1. The van der Waals surface area contributed by atoms with Gasteiger partial charge in [-0.15, -0.1) is 0 Å². The number of nitrogens with zero attached hydrogens (tertiary/aromatic N) is 1. The number of halogens is 1. The number of ether oxygens (including phenoxy) is 4. The maximum atomic E-state index is 13.1. The third-order valence-electron chi connectivity index (χ3n) is 5.52. The molecule has 1 aliphatic carbocycles. The van der Waals surface area contributed by atoms with Crippen LogP contribution < -0.4 is 14.8 Å². The number of hydrogen-bond donors (Lipinski definition) is 1. The van der Waals surface area contributed by atoms with E-state index in [1.165, 1.54) is 0 Å². The molecule has 0 spiro atoms. The van der Waals surface area contributed by atoms with Gasteiger partial charge in [-0.05, 0) is 40.4 Å². The van der Waals surface area contributed by atoms with E-state index in [0.717, 1.165) is 59.3 Å². The van der Waals surface area contributed by atoms with Crippen LogP contribution in [0.25, 0.3) is 0 Å². The lowest BCUT2D eigenvalue weighted by Crippen LogP contribution is -2.49. The standard InChI is InChI=1S/C21H29BrN2O5/c1-26-7-2-8-27-17-11-14(19(22)20-16(17)5-9-29-20)13-24(15-3-4-15)21(25)18-12-23-6-10-28-18/h11,15,18,23H,2-10,12-13H2,1H3/t18-/m1/s1. The lowest BCUT2D eigenvalue weighted by molar-refractivity contribution is -0.146. The SMILES string of the molecule is COCCCOc1cc(CN(C(=O)[C@H]2CNCCO2)C2CC2)c(Br)c2c1CCO2. The summed E-state index contributed by atoms with van der Waals surface area (Å²) in [4.78, 5) is 15.1. The number of rotatable bonds is 9. The Balaban J connectivity index is 1.53. The quantitative estimate of drug-likeness (QED) is 0.560. The first-order valence-electron chi connectivity index (χ1n) is 10.4. The van der Waals surface area contributed by atoms with Crippen molar-refractivity contribution >= 4 is 21.8 Å². The molecule has 0 unspecified atom stereocenters. The summed E-state index contributed by atoms with van der Waals surface area (Å²) in [5.41, 5.74) is 2.11. The zero-order chi connectivity index (χ0) is 20.2. The van der Waals surface area contributed by atoms with E-state index in [9.17, 15) is 4.79 Å². The number of hydrogen-bond acceptors (Lipinski definition) is 6. The number of benzene rings is 1. The van der Waals surface area contributed by atoms with Crippen LogP contribution in [0, 0.1) is 0 Å². The third-order valence-corrected chi connectivity index (χ3v) is 6.39. The van der Waals surface area contributed by atoms with Crippen molar-refractivity contribution in [2.45, 2.75) is 44.4 Å². The number of carbonyl (C=O) groups excluding carboxylic acids is 1. The Kier molecular flexibility index (Phi) is 6.95. The van der Waals surface area contributed by atoms with Crippen molar-refractivity contribution in [2.75, 3.05) is 46.6 Å². The zero-order valence-corrected chi connectivity index (χ0v) is 18.5. The number of methoxy groups -OCH3 is 1. The molecule has 2 fully saturated rings. The number of nitrogens with one attached hydrogen (secondary N) is 1. The Morgan fingerprint density at radius 1 is 1.34 bits per heavy atom. The highest BCUT2D eigenvalue weighted by Gasteiger charge is 2.37. The second kappa shape index (κ2) is 9.64.